The molecule has 0 saturated carbocycles. The first-order chi connectivity index (χ1) is 21.3. The summed E-state index contributed by atoms with van der Waals surface area (Å²) in [5.74, 6) is 1.01. The molecule has 2 aromatic heterocycles. The Morgan fingerprint density at radius 1 is 0.372 bits per heavy atom. The molecule has 0 atom stereocenters. The summed E-state index contributed by atoms with van der Waals surface area (Å²) >= 11 is 0. The summed E-state index contributed by atoms with van der Waals surface area (Å²) < 4.78 is 6.12. The lowest BCUT2D eigenvalue weighted by Crippen LogP contribution is -1.95. The Labute approximate surface area is 248 Å². The number of benzene rings is 6. The lowest BCUT2D eigenvalue weighted by Gasteiger charge is -2.11. The van der Waals surface area contributed by atoms with Crippen LogP contribution in [-0.2, 0) is 0 Å². The molecule has 0 unspecified atom stereocenters. The molecule has 0 aliphatic rings. The maximum atomic E-state index is 6.12. The first kappa shape index (κ1) is 24.8. The Kier molecular flexibility index (Phi) is 6.05. The zero-order chi connectivity index (χ0) is 28.6. The lowest BCUT2D eigenvalue weighted by atomic mass is 9.99. The molecule has 0 saturated heterocycles. The highest BCUT2D eigenvalue weighted by Crippen LogP contribution is 2.34. The van der Waals surface area contributed by atoms with Crippen molar-refractivity contribution >= 4 is 21.8 Å². The van der Waals surface area contributed by atoms with E-state index >= 15 is 0 Å². The average Bonchev–Trinajstić information content (AvgIpc) is 3.58. The minimum atomic E-state index is 0.494. The van der Waals surface area contributed by atoms with Gasteiger partial charge in [0.15, 0.2) is 0 Å². The number of hydrogen-bond donors (Lipinski definition) is 0. The number of rotatable bonds is 5. The summed E-state index contributed by atoms with van der Waals surface area (Å²) in [5, 5.41) is 10.9. The number of hydrogen-bond acceptors (Lipinski definition) is 5. The molecule has 5 heteroatoms. The van der Waals surface area contributed by atoms with Gasteiger partial charge in [0.25, 0.3) is 0 Å². The van der Waals surface area contributed by atoms with Gasteiger partial charge in [-0.1, -0.05) is 115 Å². The summed E-state index contributed by atoms with van der Waals surface area (Å²) in [4.78, 5) is 10.0. The maximum Gasteiger partial charge on any atom is 0.248 e. The van der Waals surface area contributed by atoms with E-state index in [1.807, 2.05) is 78.9 Å². The van der Waals surface area contributed by atoms with Crippen molar-refractivity contribution in [2.24, 2.45) is 0 Å². The molecule has 0 aliphatic heterocycles. The van der Waals surface area contributed by atoms with Crippen LogP contribution in [0, 0.1) is 0 Å². The van der Waals surface area contributed by atoms with Crippen LogP contribution < -0.4 is 0 Å². The summed E-state index contributed by atoms with van der Waals surface area (Å²) in [5.41, 5.74) is 9.56. The predicted octanol–water partition coefficient (Wildman–Crippen LogP) is 9.50. The molecule has 5 nitrogen and oxygen atoms in total. The third-order valence-corrected chi connectivity index (χ3v) is 7.69. The standard InChI is InChI=1S/C38H24N4O/c1-2-10-28(11-3-1)35-36(40-34-16-7-6-15-33(34)39-35)29-21-17-25(18-22-29)26-19-23-30(24-20-26)37-41-42-38(43-37)32-14-8-12-27-9-4-5-13-31(27)32/h1-24H. The van der Waals surface area contributed by atoms with Crippen molar-refractivity contribution in [3.05, 3.63) is 146 Å². The number of aromatic nitrogens is 4. The van der Waals surface area contributed by atoms with Gasteiger partial charge in [-0.25, -0.2) is 9.97 Å². The van der Waals surface area contributed by atoms with E-state index in [0.29, 0.717) is 11.8 Å². The third-order valence-electron chi connectivity index (χ3n) is 7.69. The van der Waals surface area contributed by atoms with Gasteiger partial charge in [-0.05, 0) is 52.2 Å². The highest BCUT2D eigenvalue weighted by molar-refractivity contribution is 5.94. The second-order valence-corrected chi connectivity index (χ2v) is 10.4. The van der Waals surface area contributed by atoms with Gasteiger partial charge in [0, 0.05) is 22.3 Å². The molecule has 0 bridgehead atoms. The van der Waals surface area contributed by atoms with Crippen molar-refractivity contribution in [2.75, 3.05) is 0 Å². The van der Waals surface area contributed by atoms with E-state index in [4.69, 9.17) is 14.4 Å². The maximum absolute atomic E-state index is 6.12. The molecule has 8 aromatic rings. The molecule has 0 radical (unpaired) electrons. The number of fused-ring (bicyclic) bond motifs is 2. The second-order valence-electron chi connectivity index (χ2n) is 10.4. The third kappa shape index (κ3) is 4.63. The summed E-state index contributed by atoms with van der Waals surface area (Å²) in [6.07, 6.45) is 0. The van der Waals surface area contributed by atoms with Crippen molar-refractivity contribution in [2.45, 2.75) is 0 Å². The Hall–Kier alpha value is -5.94. The monoisotopic (exact) mass is 552 g/mol. The molecule has 0 amide bonds. The minimum absolute atomic E-state index is 0.494. The van der Waals surface area contributed by atoms with Crippen LogP contribution >= 0.6 is 0 Å². The molecule has 0 N–H and O–H groups in total. The van der Waals surface area contributed by atoms with Gasteiger partial charge in [0.05, 0.1) is 22.4 Å². The molecule has 0 aliphatic carbocycles. The first-order valence-corrected chi connectivity index (χ1v) is 14.2. The Balaban J connectivity index is 1.09. The quantitative estimate of drug-likeness (QED) is 0.213. The van der Waals surface area contributed by atoms with Crippen LogP contribution in [0.1, 0.15) is 0 Å². The van der Waals surface area contributed by atoms with Gasteiger partial charge in [-0.2, -0.15) is 0 Å². The van der Waals surface area contributed by atoms with Crippen LogP contribution in [0.25, 0.3) is 78.4 Å². The van der Waals surface area contributed by atoms with E-state index in [9.17, 15) is 0 Å². The zero-order valence-electron chi connectivity index (χ0n) is 23.1. The lowest BCUT2D eigenvalue weighted by molar-refractivity contribution is 0.585. The smallest absolute Gasteiger partial charge is 0.248 e. The van der Waals surface area contributed by atoms with Gasteiger partial charge in [-0.15, -0.1) is 10.2 Å². The van der Waals surface area contributed by atoms with Crippen molar-refractivity contribution in [3.8, 4) is 56.6 Å². The molecule has 2 heterocycles. The summed E-state index contributed by atoms with van der Waals surface area (Å²) in [6.45, 7) is 0. The molecular weight excluding hydrogens is 528 g/mol. The van der Waals surface area contributed by atoms with E-state index in [2.05, 4.69) is 76.9 Å². The predicted molar refractivity (Wildman–Crippen MR) is 172 cm³/mol. The fourth-order valence-electron chi connectivity index (χ4n) is 5.49. The summed E-state index contributed by atoms with van der Waals surface area (Å²) in [7, 11) is 0. The average molecular weight is 553 g/mol. The minimum Gasteiger partial charge on any atom is -0.416 e. The van der Waals surface area contributed by atoms with Crippen molar-refractivity contribution in [1.82, 2.24) is 20.2 Å². The Morgan fingerprint density at radius 3 is 1.58 bits per heavy atom. The van der Waals surface area contributed by atoms with Crippen molar-refractivity contribution in [1.29, 1.82) is 0 Å². The SMILES string of the molecule is c1ccc(-c2nc3ccccc3nc2-c2ccc(-c3ccc(-c4nnc(-c5cccc6ccccc56)o4)cc3)cc2)cc1. The van der Waals surface area contributed by atoms with Gasteiger partial charge in [0.2, 0.25) is 11.8 Å². The van der Waals surface area contributed by atoms with Crippen molar-refractivity contribution in [3.63, 3.8) is 0 Å². The topological polar surface area (TPSA) is 64.7 Å². The normalized spacial score (nSPS) is 11.3. The molecule has 8 rings (SSSR count). The van der Waals surface area contributed by atoms with E-state index < -0.39 is 0 Å². The van der Waals surface area contributed by atoms with Crippen LogP contribution in [0.4, 0.5) is 0 Å². The van der Waals surface area contributed by atoms with Crippen LogP contribution in [0.3, 0.4) is 0 Å². The highest BCUT2D eigenvalue weighted by atomic mass is 16.4. The van der Waals surface area contributed by atoms with Gasteiger partial charge < -0.3 is 4.42 Å². The fraction of sp³-hybridized carbons (Fsp3) is 0. The number of nitrogens with zero attached hydrogens (tertiary/aromatic N) is 4. The van der Waals surface area contributed by atoms with E-state index in [1.165, 1.54) is 0 Å². The molecule has 0 fully saturated rings. The van der Waals surface area contributed by atoms with Crippen LogP contribution in [0.5, 0.6) is 0 Å². The van der Waals surface area contributed by atoms with Gasteiger partial charge >= 0.3 is 0 Å². The zero-order valence-corrected chi connectivity index (χ0v) is 23.1. The number of para-hydroxylation sites is 2. The van der Waals surface area contributed by atoms with E-state index in [1.54, 1.807) is 0 Å². The molecule has 43 heavy (non-hydrogen) atoms. The molecule has 6 aromatic carbocycles. The summed E-state index contributed by atoms with van der Waals surface area (Å²) in [6, 6.07) is 49.2. The van der Waals surface area contributed by atoms with Crippen molar-refractivity contribution < 1.29 is 4.42 Å². The Morgan fingerprint density at radius 2 is 0.884 bits per heavy atom. The Bertz CT molecular complexity index is 2220. The fourth-order valence-corrected chi connectivity index (χ4v) is 5.49. The van der Waals surface area contributed by atoms with Crippen LogP contribution in [0.2, 0.25) is 0 Å². The molecule has 0 spiro atoms. The molecular formula is C38H24N4O. The second kappa shape index (κ2) is 10.5. The highest BCUT2D eigenvalue weighted by Gasteiger charge is 2.15. The van der Waals surface area contributed by atoms with Crippen LogP contribution in [-0.4, -0.2) is 20.2 Å². The largest absolute Gasteiger partial charge is 0.416 e. The van der Waals surface area contributed by atoms with E-state index in [-0.39, 0.29) is 0 Å². The van der Waals surface area contributed by atoms with E-state index in [0.717, 1.165) is 66.6 Å². The molecule has 202 valence electrons. The van der Waals surface area contributed by atoms with Crippen LogP contribution in [0.15, 0.2) is 150 Å². The first-order valence-electron chi connectivity index (χ1n) is 14.2. The van der Waals surface area contributed by atoms with Gasteiger partial charge in [0.1, 0.15) is 0 Å². The van der Waals surface area contributed by atoms with Gasteiger partial charge in [-0.3, -0.25) is 0 Å².